The van der Waals surface area contributed by atoms with Crippen molar-refractivity contribution in [2.75, 3.05) is 0 Å². The molecule has 0 bridgehead atoms. The highest BCUT2D eigenvalue weighted by molar-refractivity contribution is 7.90. The number of halogens is 5. The Morgan fingerprint density at radius 1 is 0.857 bits per heavy atom. The topological polar surface area (TPSA) is 91.5 Å². The minimum Gasteiger partial charge on any atom is -0.343 e. The number of fused-ring (bicyclic) bond motifs is 1. The number of imidazole rings is 1. The standard InChI is InChI=1S/C23H13F5N4O2S/c24-14-7-4-11(10-35(33,34)22-15(25)2-1-3-16(22)26)18(27)17(14)12-5-6-13-20(19(12)28)31-32-21(13)23-29-8-9-30-23/h1-9H,10H2,(H,29,30)(H,31,32). The third kappa shape index (κ3) is 3.75. The highest BCUT2D eigenvalue weighted by Crippen LogP contribution is 2.36. The summed E-state index contributed by atoms with van der Waals surface area (Å²) in [5, 5.41) is 6.78. The third-order valence-electron chi connectivity index (χ3n) is 5.42. The van der Waals surface area contributed by atoms with E-state index >= 15 is 8.78 Å². The number of aromatic nitrogens is 4. The van der Waals surface area contributed by atoms with Gasteiger partial charge in [-0.2, -0.15) is 5.10 Å². The fraction of sp³-hybridized carbons (Fsp3) is 0.0435. The van der Waals surface area contributed by atoms with E-state index in [1.807, 2.05) is 0 Å². The summed E-state index contributed by atoms with van der Waals surface area (Å²) in [4.78, 5) is 5.65. The van der Waals surface area contributed by atoms with Crippen LogP contribution in [0.2, 0.25) is 0 Å². The molecule has 0 fully saturated rings. The molecule has 2 aromatic heterocycles. The number of hydrogen-bond donors (Lipinski definition) is 2. The summed E-state index contributed by atoms with van der Waals surface area (Å²) in [6.45, 7) is 0. The number of nitrogens with zero attached hydrogens (tertiary/aromatic N) is 2. The first-order chi connectivity index (χ1) is 16.7. The van der Waals surface area contributed by atoms with Gasteiger partial charge in [0.15, 0.2) is 21.5 Å². The molecule has 178 valence electrons. The van der Waals surface area contributed by atoms with E-state index in [1.165, 1.54) is 12.3 Å². The van der Waals surface area contributed by atoms with E-state index in [0.717, 1.165) is 36.4 Å². The number of benzene rings is 3. The van der Waals surface area contributed by atoms with Gasteiger partial charge in [-0.15, -0.1) is 0 Å². The second-order valence-electron chi connectivity index (χ2n) is 7.57. The van der Waals surface area contributed by atoms with Crippen molar-refractivity contribution in [1.82, 2.24) is 20.2 Å². The number of H-pyrrole nitrogens is 2. The van der Waals surface area contributed by atoms with Gasteiger partial charge in [0, 0.05) is 28.9 Å². The highest BCUT2D eigenvalue weighted by Gasteiger charge is 2.28. The predicted molar refractivity (Wildman–Crippen MR) is 116 cm³/mol. The Bertz CT molecular complexity index is 1680. The Hall–Kier alpha value is -4.06. The van der Waals surface area contributed by atoms with E-state index in [-0.39, 0.29) is 10.9 Å². The molecule has 2 heterocycles. The Kier molecular flexibility index (Phi) is 5.39. The summed E-state index contributed by atoms with van der Waals surface area (Å²) in [5.74, 6) is -7.13. The molecule has 12 heteroatoms. The highest BCUT2D eigenvalue weighted by atomic mass is 32.2. The molecule has 0 amide bonds. The Morgan fingerprint density at radius 3 is 2.29 bits per heavy atom. The maximum Gasteiger partial charge on any atom is 0.188 e. The van der Waals surface area contributed by atoms with Crippen molar-refractivity contribution >= 4 is 20.7 Å². The van der Waals surface area contributed by atoms with Crippen LogP contribution < -0.4 is 0 Å². The van der Waals surface area contributed by atoms with E-state index in [4.69, 9.17) is 0 Å². The molecule has 0 saturated carbocycles. The number of nitrogens with one attached hydrogen (secondary N) is 2. The van der Waals surface area contributed by atoms with E-state index in [1.54, 1.807) is 6.20 Å². The van der Waals surface area contributed by atoms with Crippen LogP contribution in [0.4, 0.5) is 22.0 Å². The van der Waals surface area contributed by atoms with Crippen LogP contribution in [0.3, 0.4) is 0 Å². The normalized spacial score (nSPS) is 11.9. The summed E-state index contributed by atoms with van der Waals surface area (Å²) < 4.78 is 98.8. The quantitative estimate of drug-likeness (QED) is 0.318. The first-order valence-corrected chi connectivity index (χ1v) is 11.6. The Balaban J connectivity index is 1.61. The van der Waals surface area contributed by atoms with E-state index < -0.39 is 66.3 Å². The minimum atomic E-state index is -4.71. The average molecular weight is 504 g/mol. The van der Waals surface area contributed by atoms with Crippen LogP contribution in [-0.4, -0.2) is 28.6 Å². The van der Waals surface area contributed by atoms with Crippen LogP contribution in [0.25, 0.3) is 33.5 Å². The summed E-state index contributed by atoms with van der Waals surface area (Å²) in [6, 6.07) is 6.54. The molecular formula is C23H13F5N4O2S. The van der Waals surface area contributed by atoms with Gasteiger partial charge in [0.05, 0.1) is 11.3 Å². The molecule has 0 atom stereocenters. The van der Waals surface area contributed by atoms with Gasteiger partial charge in [0.2, 0.25) is 0 Å². The van der Waals surface area contributed by atoms with Gasteiger partial charge in [-0.3, -0.25) is 5.10 Å². The molecule has 0 aliphatic carbocycles. The van der Waals surface area contributed by atoms with Crippen LogP contribution >= 0.6 is 0 Å². The first kappa shape index (κ1) is 22.7. The second kappa shape index (κ2) is 8.31. The largest absolute Gasteiger partial charge is 0.343 e. The molecule has 0 unspecified atom stereocenters. The average Bonchev–Trinajstić information content (AvgIpc) is 3.47. The summed E-state index contributed by atoms with van der Waals surface area (Å²) in [7, 11) is -4.71. The lowest BCUT2D eigenvalue weighted by Crippen LogP contribution is -2.11. The molecule has 0 aliphatic rings. The number of rotatable bonds is 5. The Labute approximate surface area is 194 Å². The lowest BCUT2D eigenvalue weighted by Gasteiger charge is -2.12. The van der Waals surface area contributed by atoms with Crippen LogP contribution in [-0.2, 0) is 15.6 Å². The van der Waals surface area contributed by atoms with E-state index in [9.17, 15) is 21.6 Å². The molecule has 5 rings (SSSR count). The molecule has 0 saturated heterocycles. The third-order valence-corrected chi connectivity index (χ3v) is 7.12. The first-order valence-electron chi connectivity index (χ1n) is 9.99. The molecule has 2 N–H and O–H groups in total. The molecule has 5 aromatic rings. The van der Waals surface area contributed by atoms with Crippen molar-refractivity contribution in [2.24, 2.45) is 0 Å². The van der Waals surface area contributed by atoms with Crippen molar-refractivity contribution in [3.63, 3.8) is 0 Å². The lowest BCUT2D eigenvalue weighted by atomic mass is 9.99. The van der Waals surface area contributed by atoms with Gasteiger partial charge in [-0.25, -0.2) is 35.4 Å². The van der Waals surface area contributed by atoms with Crippen LogP contribution in [0.15, 0.2) is 59.8 Å². The zero-order valence-electron chi connectivity index (χ0n) is 17.4. The number of hydrogen-bond acceptors (Lipinski definition) is 4. The summed E-state index contributed by atoms with van der Waals surface area (Å²) in [5.41, 5.74) is -1.82. The molecular weight excluding hydrogens is 491 g/mol. The van der Waals surface area contributed by atoms with Gasteiger partial charge in [-0.05, 0) is 24.3 Å². The van der Waals surface area contributed by atoms with Gasteiger partial charge in [0.1, 0.15) is 39.4 Å². The smallest absolute Gasteiger partial charge is 0.188 e. The van der Waals surface area contributed by atoms with Crippen molar-refractivity contribution in [3.8, 4) is 22.6 Å². The zero-order chi connectivity index (χ0) is 24.9. The number of sulfone groups is 1. The van der Waals surface area contributed by atoms with Crippen molar-refractivity contribution in [2.45, 2.75) is 10.6 Å². The van der Waals surface area contributed by atoms with Gasteiger partial charge in [-0.1, -0.05) is 18.2 Å². The monoisotopic (exact) mass is 504 g/mol. The molecule has 0 radical (unpaired) electrons. The fourth-order valence-electron chi connectivity index (χ4n) is 3.83. The van der Waals surface area contributed by atoms with Crippen molar-refractivity contribution < 1.29 is 30.4 Å². The summed E-state index contributed by atoms with van der Waals surface area (Å²) >= 11 is 0. The van der Waals surface area contributed by atoms with Gasteiger partial charge in [0.25, 0.3) is 0 Å². The molecule has 3 aromatic carbocycles. The maximum atomic E-state index is 15.4. The van der Waals surface area contributed by atoms with E-state index in [0.29, 0.717) is 11.5 Å². The van der Waals surface area contributed by atoms with Gasteiger partial charge >= 0.3 is 0 Å². The number of aromatic amines is 2. The SMILES string of the molecule is O=S(=O)(Cc1ccc(F)c(-c2ccc3c(-c4ncc[nH]4)[nH]nc3c2F)c1F)c1c(F)cccc1F. The van der Waals surface area contributed by atoms with Crippen LogP contribution in [0.5, 0.6) is 0 Å². The van der Waals surface area contributed by atoms with E-state index in [2.05, 4.69) is 20.2 Å². The zero-order valence-corrected chi connectivity index (χ0v) is 18.2. The lowest BCUT2D eigenvalue weighted by molar-refractivity contribution is 0.517. The molecule has 35 heavy (non-hydrogen) atoms. The summed E-state index contributed by atoms with van der Waals surface area (Å²) in [6.07, 6.45) is 3.02. The van der Waals surface area contributed by atoms with Crippen LogP contribution in [0, 0.1) is 29.1 Å². The molecule has 0 spiro atoms. The fourth-order valence-corrected chi connectivity index (χ4v) is 5.34. The Morgan fingerprint density at radius 2 is 1.60 bits per heavy atom. The second-order valence-corrected chi connectivity index (χ2v) is 9.49. The maximum absolute atomic E-state index is 15.4. The van der Waals surface area contributed by atoms with Crippen molar-refractivity contribution in [3.05, 3.63) is 89.5 Å². The molecule has 6 nitrogen and oxygen atoms in total. The van der Waals surface area contributed by atoms with Gasteiger partial charge < -0.3 is 4.98 Å². The van der Waals surface area contributed by atoms with Crippen molar-refractivity contribution in [1.29, 1.82) is 0 Å². The van der Waals surface area contributed by atoms with Crippen LogP contribution in [0.1, 0.15) is 5.56 Å². The minimum absolute atomic E-state index is 0.223. The predicted octanol–water partition coefficient (Wildman–Crippen LogP) is 5.29. The molecule has 0 aliphatic heterocycles.